The van der Waals surface area contributed by atoms with Crippen LogP contribution >= 0.6 is 27.5 Å². The van der Waals surface area contributed by atoms with Gasteiger partial charge in [-0.15, -0.1) is 0 Å². The van der Waals surface area contributed by atoms with Crippen molar-refractivity contribution < 1.29 is 4.74 Å². The molecule has 1 rings (SSSR count). The Morgan fingerprint density at radius 3 is 2.67 bits per heavy atom. The Morgan fingerprint density at radius 1 is 1.53 bits per heavy atom. The molecule has 0 saturated carbocycles. The van der Waals surface area contributed by atoms with E-state index in [0.717, 1.165) is 6.54 Å². The van der Waals surface area contributed by atoms with E-state index in [2.05, 4.69) is 25.9 Å². The molecule has 0 saturated heterocycles. The lowest BCUT2D eigenvalue weighted by Crippen LogP contribution is -2.29. The number of rotatable bonds is 5. The van der Waals surface area contributed by atoms with Crippen molar-refractivity contribution in [2.75, 3.05) is 32.2 Å². The van der Waals surface area contributed by atoms with E-state index in [1.165, 1.54) is 0 Å². The molecule has 0 aliphatic carbocycles. The predicted molar refractivity (Wildman–Crippen MR) is 64.9 cm³/mol. The summed E-state index contributed by atoms with van der Waals surface area (Å²) in [6.45, 7) is 1.42. The summed E-state index contributed by atoms with van der Waals surface area (Å²) in [5.41, 5.74) is 0. The molecular weight excluding hydrogens is 281 g/mol. The fraction of sp³-hybridized carbons (Fsp3) is 0.556. The van der Waals surface area contributed by atoms with Crippen LogP contribution in [-0.4, -0.2) is 42.1 Å². The number of ether oxygens (including phenoxy) is 1. The first-order valence-corrected chi connectivity index (χ1v) is 5.74. The standard InChI is InChI=1S/C9H13BrClN3O/c1-14(5-7(10)6-15-2)9-12-3-8(11)4-13-9/h3-4,7H,5-6H2,1-2H3. The summed E-state index contributed by atoms with van der Waals surface area (Å²) in [5.74, 6) is 0.653. The zero-order valence-corrected chi connectivity index (χ0v) is 11.0. The van der Waals surface area contributed by atoms with Crippen LogP contribution in [0.3, 0.4) is 0 Å². The van der Waals surface area contributed by atoms with Gasteiger partial charge in [0.05, 0.1) is 28.9 Å². The number of methoxy groups -OCH3 is 1. The number of nitrogens with zero attached hydrogens (tertiary/aromatic N) is 3. The van der Waals surface area contributed by atoms with Gasteiger partial charge in [0.1, 0.15) is 0 Å². The largest absolute Gasteiger partial charge is 0.383 e. The topological polar surface area (TPSA) is 38.2 Å². The molecule has 0 spiro atoms. The molecule has 1 unspecified atom stereocenters. The van der Waals surface area contributed by atoms with Crippen LogP contribution in [0.25, 0.3) is 0 Å². The van der Waals surface area contributed by atoms with Gasteiger partial charge in [0.25, 0.3) is 0 Å². The van der Waals surface area contributed by atoms with Crippen molar-refractivity contribution in [2.24, 2.45) is 0 Å². The quantitative estimate of drug-likeness (QED) is 0.778. The van der Waals surface area contributed by atoms with Crippen molar-refractivity contribution >= 4 is 33.5 Å². The Kier molecular flexibility index (Phi) is 5.28. The first-order valence-electron chi connectivity index (χ1n) is 4.45. The first-order chi connectivity index (χ1) is 7.13. The van der Waals surface area contributed by atoms with E-state index >= 15 is 0 Å². The molecule has 1 heterocycles. The molecule has 84 valence electrons. The fourth-order valence-corrected chi connectivity index (χ4v) is 1.91. The van der Waals surface area contributed by atoms with Crippen molar-refractivity contribution in [2.45, 2.75) is 4.83 Å². The summed E-state index contributed by atoms with van der Waals surface area (Å²) >= 11 is 9.20. The van der Waals surface area contributed by atoms with Gasteiger partial charge in [0.2, 0.25) is 5.95 Å². The summed E-state index contributed by atoms with van der Waals surface area (Å²) in [7, 11) is 3.60. The van der Waals surface area contributed by atoms with Crippen molar-refractivity contribution in [1.82, 2.24) is 9.97 Å². The smallest absolute Gasteiger partial charge is 0.225 e. The molecule has 1 aromatic heterocycles. The van der Waals surface area contributed by atoms with Gasteiger partial charge in [-0.05, 0) is 0 Å². The molecule has 15 heavy (non-hydrogen) atoms. The van der Waals surface area contributed by atoms with Gasteiger partial charge in [0, 0.05) is 20.7 Å². The SMILES string of the molecule is COCC(Br)CN(C)c1ncc(Cl)cn1. The van der Waals surface area contributed by atoms with Gasteiger partial charge in [0.15, 0.2) is 0 Å². The third-order valence-corrected chi connectivity index (χ3v) is 2.52. The maximum atomic E-state index is 5.70. The fourth-order valence-electron chi connectivity index (χ4n) is 1.11. The average molecular weight is 295 g/mol. The van der Waals surface area contributed by atoms with Gasteiger partial charge < -0.3 is 9.64 Å². The number of alkyl halides is 1. The Bertz CT molecular complexity index is 296. The Balaban J connectivity index is 2.53. The third kappa shape index (κ3) is 4.32. The molecule has 6 heteroatoms. The van der Waals surface area contributed by atoms with Gasteiger partial charge in [-0.2, -0.15) is 0 Å². The van der Waals surface area contributed by atoms with E-state index in [1.807, 2.05) is 11.9 Å². The average Bonchev–Trinajstić information content (AvgIpc) is 2.18. The normalized spacial score (nSPS) is 12.5. The second kappa shape index (κ2) is 6.25. The van der Waals surface area contributed by atoms with Crippen LogP contribution in [0.5, 0.6) is 0 Å². The minimum Gasteiger partial charge on any atom is -0.383 e. The molecule has 0 N–H and O–H groups in total. The van der Waals surface area contributed by atoms with Crippen molar-refractivity contribution in [3.8, 4) is 0 Å². The number of halogens is 2. The second-order valence-corrected chi connectivity index (χ2v) is 4.87. The Morgan fingerprint density at radius 2 is 2.13 bits per heavy atom. The van der Waals surface area contributed by atoms with Crippen LogP contribution in [0.4, 0.5) is 5.95 Å². The van der Waals surface area contributed by atoms with Crippen LogP contribution in [0.1, 0.15) is 0 Å². The van der Waals surface area contributed by atoms with Crippen LogP contribution < -0.4 is 4.90 Å². The number of anilines is 1. The summed E-state index contributed by atoms with van der Waals surface area (Å²) in [6, 6.07) is 0. The molecule has 0 aromatic carbocycles. The van der Waals surface area contributed by atoms with Crippen molar-refractivity contribution in [3.63, 3.8) is 0 Å². The van der Waals surface area contributed by atoms with E-state index in [4.69, 9.17) is 16.3 Å². The molecule has 0 radical (unpaired) electrons. The Labute approximate surface area is 103 Å². The number of hydrogen-bond acceptors (Lipinski definition) is 4. The highest BCUT2D eigenvalue weighted by atomic mass is 79.9. The Hall–Kier alpha value is -0.390. The second-order valence-electron chi connectivity index (χ2n) is 3.13. The van der Waals surface area contributed by atoms with E-state index in [-0.39, 0.29) is 4.83 Å². The first kappa shape index (κ1) is 12.7. The minimum absolute atomic E-state index is 0.256. The lowest BCUT2D eigenvalue weighted by Gasteiger charge is -2.19. The van der Waals surface area contributed by atoms with E-state index in [0.29, 0.717) is 17.6 Å². The molecule has 1 aromatic rings. The highest BCUT2D eigenvalue weighted by Crippen LogP contribution is 2.11. The van der Waals surface area contributed by atoms with Crippen LogP contribution in [-0.2, 0) is 4.74 Å². The predicted octanol–water partition coefficient (Wildman–Crippen LogP) is 1.98. The van der Waals surface area contributed by atoms with Crippen molar-refractivity contribution in [3.05, 3.63) is 17.4 Å². The lowest BCUT2D eigenvalue weighted by molar-refractivity contribution is 0.201. The van der Waals surface area contributed by atoms with Crippen LogP contribution in [0, 0.1) is 0 Å². The van der Waals surface area contributed by atoms with Crippen LogP contribution in [0.15, 0.2) is 12.4 Å². The third-order valence-electron chi connectivity index (χ3n) is 1.77. The van der Waals surface area contributed by atoms with Gasteiger partial charge in [-0.1, -0.05) is 27.5 Å². The molecule has 4 nitrogen and oxygen atoms in total. The highest BCUT2D eigenvalue weighted by Gasteiger charge is 2.10. The summed E-state index contributed by atoms with van der Waals surface area (Å²) in [4.78, 5) is 10.4. The molecular formula is C9H13BrClN3O. The van der Waals surface area contributed by atoms with E-state index in [1.54, 1.807) is 19.5 Å². The summed E-state index contributed by atoms with van der Waals surface area (Å²) in [5, 5.41) is 0.541. The molecule has 0 bridgehead atoms. The molecule has 0 amide bonds. The minimum atomic E-state index is 0.256. The number of hydrogen-bond donors (Lipinski definition) is 0. The monoisotopic (exact) mass is 293 g/mol. The maximum Gasteiger partial charge on any atom is 0.225 e. The molecule has 0 aliphatic rings. The lowest BCUT2D eigenvalue weighted by atomic mass is 10.4. The molecule has 0 fully saturated rings. The van der Waals surface area contributed by atoms with Gasteiger partial charge in [-0.25, -0.2) is 9.97 Å². The highest BCUT2D eigenvalue weighted by molar-refractivity contribution is 9.09. The van der Waals surface area contributed by atoms with Crippen molar-refractivity contribution in [1.29, 1.82) is 0 Å². The molecule has 0 aliphatic heterocycles. The maximum absolute atomic E-state index is 5.70. The summed E-state index contributed by atoms with van der Waals surface area (Å²) in [6.07, 6.45) is 3.17. The van der Waals surface area contributed by atoms with E-state index in [9.17, 15) is 0 Å². The summed E-state index contributed by atoms with van der Waals surface area (Å²) < 4.78 is 5.02. The zero-order chi connectivity index (χ0) is 11.3. The van der Waals surface area contributed by atoms with E-state index < -0.39 is 0 Å². The zero-order valence-electron chi connectivity index (χ0n) is 8.65. The van der Waals surface area contributed by atoms with Gasteiger partial charge in [-0.3, -0.25) is 0 Å². The molecule has 1 atom stereocenters. The van der Waals surface area contributed by atoms with Gasteiger partial charge >= 0.3 is 0 Å². The number of aromatic nitrogens is 2. The van der Waals surface area contributed by atoms with Crippen LogP contribution in [0.2, 0.25) is 5.02 Å².